The van der Waals surface area contributed by atoms with Gasteiger partial charge >= 0.3 is 0 Å². The smallest absolute Gasteiger partial charge is 0.145 e. The first-order chi connectivity index (χ1) is 6.38. The van der Waals surface area contributed by atoms with E-state index in [9.17, 15) is 0 Å². The number of aliphatic imine (C=N–C) groups is 1. The van der Waals surface area contributed by atoms with Crippen molar-refractivity contribution in [3.63, 3.8) is 0 Å². The fourth-order valence-corrected chi connectivity index (χ4v) is 1.42. The van der Waals surface area contributed by atoms with Crippen LogP contribution in [-0.2, 0) is 0 Å². The van der Waals surface area contributed by atoms with Gasteiger partial charge in [0.15, 0.2) is 0 Å². The molecule has 0 aliphatic carbocycles. The molecule has 0 bridgehead atoms. The third-order valence-electron chi connectivity index (χ3n) is 2.14. The number of amidine groups is 1. The van der Waals surface area contributed by atoms with Crippen molar-refractivity contribution in [2.24, 2.45) is 10.1 Å². The van der Waals surface area contributed by atoms with Gasteiger partial charge in [-0.15, -0.1) is 0 Å². The minimum Gasteiger partial charge on any atom is -0.411 e. The number of hydrogen-bond donors (Lipinski definition) is 1. The normalized spacial score (nSPS) is 17.9. The van der Waals surface area contributed by atoms with Gasteiger partial charge in [0.25, 0.3) is 0 Å². The van der Waals surface area contributed by atoms with E-state index in [0.717, 1.165) is 38.3 Å². The molecule has 0 aromatic carbocycles. The number of hydrogen-bond acceptors (Lipinski definition) is 4. The van der Waals surface area contributed by atoms with Crippen molar-refractivity contribution in [2.45, 2.75) is 26.2 Å². The van der Waals surface area contributed by atoms with Gasteiger partial charge in [0.05, 0.1) is 0 Å². The lowest BCUT2D eigenvalue weighted by Crippen LogP contribution is -2.37. The van der Waals surface area contributed by atoms with Crippen molar-refractivity contribution >= 4 is 12.1 Å². The summed E-state index contributed by atoms with van der Waals surface area (Å²) < 4.78 is 0. The highest BCUT2D eigenvalue weighted by atomic mass is 16.4. The van der Waals surface area contributed by atoms with E-state index >= 15 is 0 Å². The lowest BCUT2D eigenvalue weighted by atomic mass is 10.2. The maximum Gasteiger partial charge on any atom is 0.145 e. The van der Waals surface area contributed by atoms with Gasteiger partial charge in [-0.05, 0) is 12.8 Å². The number of rotatable bonds is 4. The van der Waals surface area contributed by atoms with E-state index in [-0.39, 0.29) is 0 Å². The second kappa shape index (κ2) is 5.56. The Bertz CT molecular complexity index is 201. The second-order valence-electron chi connectivity index (χ2n) is 3.18. The van der Waals surface area contributed by atoms with Crippen LogP contribution in [-0.4, -0.2) is 41.8 Å². The topological polar surface area (TPSA) is 48.2 Å². The largest absolute Gasteiger partial charge is 0.411 e. The molecule has 0 aromatic rings. The van der Waals surface area contributed by atoms with Gasteiger partial charge in [0, 0.05) is 19.6 Å². The third-order valence-corrected chi connectivity index (χ3v) is 2.14. The quantitative estimate of drug-likeness (QED) is 0.406. The molecule has 1 aliphatic rings. The van der Waals surface area contributed by atoms with Crippen LogP contribution in [0.4, 0.5) is 0 Å². The molecule has 0 saturated heterocycles. The molecule has 4 heteroatoms. The van der Waals surface area contributed by atoms with Crippen molar-refractivity contribution < 1.29 is 5.21 Å². The minimum absolute atomic E-state index is 0.821. The summed E-state index contributed by atoms with van der Waals surface area (Å²) in [4.78, 5) is 6.46. The summed E-state index contributed by atoms with van der Waals surface area (Å²) >= 11 is 0. The Morgan fingerprint density at radius 2 is 2.54 bits per heavy atom. The molecule has 0 atom stereocenters. The van der Waals surface area contributed by atoms with E-state index in [4.69, 9.17) is 5.21 Å². The summed E-state index contributed by atoms with van der Waals surface area (Å²) in [6.07, 6.45) is 4.87. The zero-order chi connectivity index (χ0) is 9.52. The van der Waals surface area contributed by atoms with Gasteiger partial charge < -0.3 is 10.1 Å². The van der Waals surface area contributed by atoms with E-state index in [1.54, 1.807) is 0 Å². The van der Waals surface area contributed by atoms with Gasteiger partial charge in [0.2, 0.25) is 0 Å². The molecule has 0 spiro atoms. The highest BCUT2D eigenvalue weighted by Crippen LogP contribution is 2.03. The summed E-state index contributed by atoms with van der Waals surface area (Å²) in [7, 11) is 0. The highest BCUT2D eigenvalue weighted by molar-refractivity contribution is 6.29. The Balaban J connectivity index is 2.49. The molecular formula is C9H17N3O. The second-order valence-corrected chi connectivity index (χ2v) is 3.18. The van der Waals surface area contributed by atoms with Crippen LogP contribution < -0.4 is 0 Å². The lowest BCUT2D eigenvalue weighted by molar-refractivity contribution is 0.320. The van der Waals surface area contributed by atoms with Crippen molar-refractivity contribution in [1.82, 2.24) is 4.90 Å². The zero-order valence-electron chi connectivity index (χ0n) is 8.11. The maximum atomic E-state index is 8.42. The summed E-state index contributed by atoms with van der Waals surface area (Å²) in [6, 6.07) is 0. The average Bonchev–Trinajstić information content (AvgIpc) is 2.17. The minimum atomic E-state index is 0.821. The fraction of sp³-hybridized carbons (Fsp3) is 0.778. The molecule has 0 aromatic heterocycles. The molecule has 0 radical (unpaired) electrons. The molecule has 1 rings (SSSR count). The first-order valence-electron chi connectivity index (χ1n) is 4.85. The van der Waals surface area contributed by atoms with Crippen molar-refractivity contribution in [3.8, 4) is 0 Å². The van der Waals surface area contributed by atoms with Crippen LogP contribution in [0, 0.1) is 0 Å². The molecule has 0 saturated carbocycles. The Hall–Kier alpha value is -1.06. The molecule has 13 heavy (non-hydrogen) atoms. The first-order valence-corrected chi connectivity index (χ1v) is 4.85. The lowest BCUT2D eigenvalue weighted by Gasteiger charge is -2.26. The van der Waals surface area contributed by atoms with Crippen molar-refractivity contribution in [1.29, 1.82) is 0 Å². The molecule has 1 N–H and O–H groups in total. The fourth-order valence-electron chi connectivity index (χ4n) is 1.42. The number of nitrogens with zero attached hydrogens (tertiary/aromatic N) is 3. The van der Waals surface area contributed by atoms with E-state index in [1.807, 2.05) is 0 Å². The summed E-state index contributed by atoms with van der Waals surface area (Å²) in [5.74, 6) is 0.821. The monoisotopic (exact) mass is 183 g/mol. The van der Waals surface area contributed by atoms with Crippen LogP contribution in [0.15, 0.2) is 10.1 Å². The van der Waals surface area contributed by atoms with Crippen LogP contribution >= 0.6 is 0 Å². The van der Waals surface area contributed by atoms with Gasteiger partial charge in [0.1, 0.15) is 12.1 Å². The summed E-state index contributed by atoms with van der Waals surface area (Å²) in [6.45, 7) is 5.07. The maximum absolute atomic E-state index is 8.42. The number of oxime groups is 1. The van der Waals surface area contributed by atoms with Gasteiger partial charge in [-0.1, -0.05) is 18.5 Å². The van der Waals surface area contributed by atoms with Crippen molar-refractivity contribution in [3.05, 3.63) is 0 Å². The van der Waals surface area contributed by atoms with Crippen LogP contribution in [0.25, 0.3) is 0 Å². The molecule has 74 valence electrons. The SMILES string of the molecule is CCCCN1CCCN=C1/C=N/O. The number of unbranched alkanes of at least 4 members (excludes halogenated alkanes) is 1. The molecular weight excluding hydrogens is 166 g/mol. The molecule has 1 heterocycles. The Morgan fingerprint density at radius 1 is 1.69 bits per heavy atom. The van der Waals surface area contributed by atoms with E-state index in [2.05, 4.69) is 22.0 Å². The highest BCUT2D eigenvalue weighted by Gasteiger charge is 2.12. The van der Waals surface area contributed by atoms with Gasteiger partial charge in [-0.25, -0.2) is 0 Å². The Kier molecular flexibility index (Phi) is 4.29. The van der Waals surface area contributed by atoms with Crippen LogP contribution in [0.1, 0.15) is 26.2 Å². The molecule has 0 unspecified atom stereocenters. The molecule has 0 amide bonds. The van der Waals surface area contributed by atoms with Gasteiger partial charge in [-0.3, -0.25) is 4.99 Å². The van der Waals surface area contributed by atoms with Crippen LogP contribution in [0.5, 0.6) is 0 Å². The van der Waals surface area contributed by atoms with Crippen LogP contribution in [0.2, 0.25) is 0 Å². The van der Waals surface area contributed by atoms with Crippen LogP contribution in [0.3, 0.4) is 0 Å². The Labute approximate surface area is 79.0 Å². The standard InChI is InChI=1S/C9H17N3O/c1-2-3-6-12-7-4-5-10-9(12)8-11-13/h8,13H,2-7H2,1H3/b11-8+. The predicted molar refractivity (Wildman–Crippen MR) is 53.7 cm³/mol. The average molecular weight is 183 g/mol. The molecule has 1 aliphatic heterocycles. The zero-order valence-corrected chi connectivity index (χ0v) is 8.11. The van der Waals surface area contributed by atoms with E-state index in [1.165, 1.54) is 12.6 Å². The van der Waals surface area contributed by atoms with Crippen molar-refractivity contribution in [2.75, 3.05) is 19.6 Å². The molecule has 0 fully saturated rings. The summed E-state index contributed by atoms with van der Waals surface area (Å²) in [5.41, 5.74) is 0. The summed E-state index contributed by atoms with van der Waals surface area (Å²) in [5, 5.41) is 11.4. The Morgan fingerprint density at radius 3 is 3.23 bits per heavy atom. The predicted octanol–water partition coefficient (Wildman–Crippen LogP) is 1.35. The first kappa shape index (κ1) is 10.0. The third kappa shape index (κ3) is 3.05. The van der Waals surface area contributed by atoms with E-state index in [0.29, 0.717) is 0 Å². The van der Waals surface area contributed by atoms with Gasteiger partial charge in [-0.2, -0.15) is 0 Å². The van der Waals surface area contributed by atoms with E-state index < -0.39 is 0 Å². The molecule has 4 nitrogen and oxygen atoms in total.